The number of benzene rings is 2. The Labute approximate surface area is 131 Å². The summed E-state index contributed by atoms with van der Waals surface area (Å²) >= 11 is 3.43. The lowest BCUT2D eigenvalue weighted by molar-refractivity contribution is -0.121. The molecule has 21 heavy (non-hydrogen) atoms. The highest BCUT2D eigenvalue weighted by atomic mass is 79.9. The molecule has 4 atom stereocenters. The lowest BCUT2D eigenvalue weighted by Crippen LogP contribution is -2.15. The Morgan fingerprint density at radius 3 is 2.14 bits per heavy atom. The van der Waals surface area contributed by atoms with Crippen LogP contribution in [0.1, 0.15) is 23.3 Å². The van der Waals surface area contributed by atoms with Crippen LogP contribution in [0, 0.1) is 0 Å². The first-order valence-corrected chi connectivity index (χ1v) is 7.68. The van der Waals surface area contributed by atoms with Gasteiger partial charge >= 0.3 is 0 Å². The highest BCUT2D eigenvalue weighted by molar-refractivity contribution is 9.10. The number of halogens is 1. The topological polar surface area (TPSA) is 42.1 Å². The second-order valence-electron chi connectivity index (χ2n) is 5.32. The van der Waals surface area contributed by atoms with Crippen molar-refractivity contribution >= 4 is 21.7 Å². The van der Waals surface area contributed by atoms with Crippen molar-refractivity contribution in [2.45, 2.75) is 24.4 Å². The van der Waals surface area contributed by atoms with Crippen molar-refractivity contribution in [1.29, 1.82) is 0 Å². The number of rotatable bonds is 4. The van der Waals surface area contributed by atoms with Crippen LogP contribution in [0.5, 0.6) is 0 Å². The molecule has 4 heteroatoms. The summed E-state index contributed by atoms with van der Waals surface area (Å²) in [6.45, 7) is 0. The molecule has 2 saturated heterocycles. The van der Waals surface area contributed by atoms with Crippen LogP contribution in [0.15, 0.2) is 59.1 Å². The van der Waals surface area contributed by atoms with Gasteiger partial charge in [-0.3, -0.25) is 4.79 Å². The number of hydrogen-bond donors (Lipinski definition) is 0. The summed E-state index contributed by atoms with van der Waals surface area (Å²) in [5, 5.41) is 0. The summed E-state index contributed by atoms with van der Waals surface area (Å²) in [6.07, 6.45) is -0.950. The fourth-order valence-electron chi connectivity index (χ4n) is 2.65. The Hall–Kier alpha value is -1.49. The minimum Gasteiger partial charge on any atom is -0.356 e. The largest absolute Gasteiger partial charge is 0.356 e. The van der Waals surface area contributed by atoms with Crippen molar-refractivity contribution in [2.75, 3.05) is 0 Å². The summed E-state index contributed by atoms with van der Waals surface area (Å²) in [6, 6.07) is 17.7. The fourth-order valence-corrected chi connectivity index (χ4v) is 3.07. The molecule has 2 aliphatic rings. The maximum absolute atomic E-state index is 12.4. The number of Topliss-reactive ketones (excluding diaryl/α,β-unsaturated/α-hetero) is 1. The van der Waals surface area contributed by atoms with Crippen molar-refractivity contribution in [3.05, 3.63) is 70.2 Å². The zero-order valence-corrected chi connectivity index (χ0v) is 12.7. The minimum atomic E-state index is -0.363. The van der Waals surface area contributed by atoms with Crippen LogP contribution in [0.2, 0.25) is 0 Å². The van der Waals surface area contributed by atoms with Gasteiger partial charge in [-0.2, -0.15) is 0 Å². The Kier molecular flexibility index (Phi) is 3.17. The Morgan fingerprint density at radius 2 is 1.48 bits per heavy atom. The van der Waals surface area contributed by atoms with Crippen LogP contribution < -0.4 is 0 Å². The molecule has 0 bridgehead atoms. The van der Waals surface area contributed by atoms with Crippen molar-refractivity contribution in [2.24, 2.45) is 0 Å². The normalized spacial score (nSPS) is 30.0. The summed E-state index contributed by atoms with van der Waals surface area (Å²) in [5.74, 6) is 0.0498. The minimum absolute atomic E-state index is 0.0498. The van der Waals surface area contributed by atoms with E-state index in [9.17, 15) is 4.79 Å². The van der Waals surface area contributed by atoms with E-state index < -0.39 is 0 Å². The van der Waals surface area contributed by atoms with Crippen LogP contribution >= 0.6 is 15.9 Å². The van der Waals surface area contributed by atoms with E-state index in [1.165, 1.54) is 0 Å². The third-order valence-electron chi connectivity index (χ3n) is 3.85. The maximum Gasteiger partial charge on any atom is 0.196 e. The first-order valence-electron chi connectivity index (χ1n) is 6.89. The van der Waals surface area contributed by atoms with E-state index in [-0.39, 0.29) is 30.2 Å². The van der Waals surface area contributed by atoms with Gasteiger partial charge in [0.05, 0.1) is 0 Å². The van der Waals surface area contributed by atoms with Gasteiger partial charge in [0.1, 0.15) is 24.4 Å². The van der Waals surface area contributed by atoms with Crippen LogP contribution in [0.25, 0.3) is 0 Å². The number of carbonyl (C=O) groups excluding carboxylic acids is 1. The molecule has 2 aromatic rings. The number of hydrogen-bond acceptors (Lipinski definition) is 3. The molecule has 2 aromatic carbocycles. The molecule has 0 spiro atoms. The van der Waals surface area contributed by atoms with E-state index in [0.29, 0.717) is 0 Å². The second kappa shape index (κ2) is 5.05. The third kappa shape index (κ3) is 2.55. The molecular weight excluding hydrogens is 332 g/mol. The van der Waals surface area contributed by atoms with Gasteiger partial charge in [0.15, 0.2) is 5.78 Å². The predicted molar refractivity (Wildman–Crippen MR) is 80.8 cm³/mol. The lowest BCUT2D eigenvalue weighted by Gasteiger charge is -1.96. The SMILES string of the molecule is O=C([C@H]1O[C@@H]1c1ccccc1)[C@@H]1O[C@@H]1c1cccc(Br)c1. The van der Waals surface area contributed by atoms with Crippen LogP contribution in [-0.4, -0.2) is 18.0 Å². The highest BCUT2D eigenvalue weighted by Crippen LogP contribution is 2.47. The summed E-state index contributed by atoms with van der Waals surface area (Å²) in [4.78, 5) is 12.4. The van der Waals surface area contributed by atoms with Crippen LogP contribution in [0.3, 0.4) is 0 Å². The third-order valence-corrected chi connectivity index (χ3v) is 4.34. The molecule has 0 saturated carbocycles. The number of carbonyl (C=O) groups is 1. The quantitative estimate of drug-likeness (QED) is 0.796. The van der Waals surface area contributed by atoms with E-state index in [1.807, 2.05) is 54.6 Å². The van der Waals surface area contributed by atoms with Gasteiger partial charge in [0, 0.05) is 4.47 Å². The van der Waals surface area contributed by atoms with Gasteiger partial charge in [0.2, 0.25) is 0 Å². The molecule has 0 amide bonds. The number of epoxide rings is 2. The predicted octanol–water partition coefficient (Wildman–Crippen LogP) is 3.60. The summed E-state index contributed by atoms with van der Waals surface area (Å²) < 4.78 is 12.1. The molecule has 0 aromatic heterocycles. The first-order chi connectivity index (χ1) is 10.2. The lowest BCUT2D eigenvalue weighted by atomic mass is 10.0. The van der Waals surface area contributed by atoms with Crippen LogP contribution in [0.4, 0.5) is 0 Å². The number of ketones is 1. The van der Waals surface area contributed by atoms with E-state index in [0.717, 1.165) is 15.6 Å². The van der Waals surface area contributed by atoms with E-state index >= 15 is 0 Å². The molecule has 2 aliphatic heterocycles. The van der Waals surface area contributed by atoms with Gasteiger partial charge in [-0.05, 0) is 23.3 Å². The van der Waals surface area contributed by atoms with Gasteiger partial charge in [0.25, 0.3) is 0 Å². The average molecular weight is 345 g/mol. The zero-order chi connectivity index (χ0) is 14.4. The molecule has 0 unspecified atom stereocenters. The monoisotopic (exact) mass is 344 g/mol. The molecule has 4 rings (SSSR count). The molecule has 2 fully saturated rings. The van der Waals surface area contributed by atoms with Crippen molar-refractivity contribution in [3.8, 4) is 0 Å². The summed E-state index contributed by atoms with van der Waals surface area (Å²) in [5.41, 5.74) is 2.08. The maximum atomic E-state index is 12.4. The van der Waals surface area contributed by atoms with Gasteiger partial charge < -0.3 is 9.47 Å². The molecule has 0 aliphatic carbocycles. The first kappa shape index (κ1) is 13.2. The Balaban J connectivity index is 1.42. The van der Waals surface area contributed by atoms with E-state index in [1.54, 1.807) is 0 Å². The van der Waals surface area contributed by atoms with Gasteiger partial charge in [-0.1, -0.05) is 58.4 Å². The molecule has 0 N–H and O–H groups in total. The van der Waals surface area contributed by atoms with Gasteiger partial charge in [-0.15, -0.1) is 0 Å². The number of ether oxygens (including phenoxy) is 2. The van der Waals surface area contributed by atoms with Crippen molar-refractivity contribution in [3.63, 3.8) is 0 Å². The molecular formula is C17H13BrO3. The van der Waals surface area contributed by atoms with E-state index in [4.69, 9.17) is 9.47 Å². The molecule has 106 valence electrons. The van der Waals surface area contributed by atoms with Crippen molar-refractivity contribution in [1.82, 2.24) is 0 Å². The zero-order valence-electron chi connectivity index (χ0n) is 11.1. The highest BCUT2D eigenvalue weighted by Gasteiger charge is 2.56. The molecule has 3 nitrogen and oxygen atoms in total. The smallest absolute Gasteiger partial charge is 0.196 e. The molecule has 0 radical (unpaired) electrons. The van der Waals surface area contributed by atoms with Gasteiger partial charge in [-0.25, -0.2) is 0 Å². The Morgan fingerprint density at radius 1 is 0.857 bits per heavy atom. The molecule has 2 heterocycles. The average Bonchev–Trinajstić information content (AvgIpc) is 3.39. The second-order valence-corrected chi connectivity index (χ2v) is 6.24. The standard InChI is InChI=1S/C17H13BrO3/c18-12-8-4-7-11(9-12)15-17(21-15)13(19)16-14(20-16)10-5-2-1-3-6-10/h1-9,14-17H/t14-,15-,16-,17+/m1/s1. The summed E-state index contributed by atoms with van der Waals surface area (Å²) in [7, 11) is 0. The fraction of sp³-hybridized carbons (Fsp3) is 0.235. The Bertz CT molecular complexity index is 685. The van der Waals surface area contributed by atoms with E-state index in [2.05, 4.69) is 15.9 Å². The van der Waals surface area contributed by atoms with Crippen LogP contribution in [-0.2, 0) is 14.3 Å². The van der Waals surface area contributed by atoms with Crippen molar-refractivity contribution < 1.29 is 14.3 Å².